The van der Waals surface area contributed by atoms with Crippen molar-refractivity contribution < 1.29 is 14.6 Å². The lowest BCUT2D eigenvalue weighted by Gasteiger charge is -2.47. The highest BCUT2D eigenvalue weighted by Crippen LogP contribution is 2.39. The summed E-state index contributed by atoms with van der Waals surface area (Å²) < 4.78 is 4.95. The Morgan fingerprint density at radius 3 is 3.10 bits per heavy atom. The number of rotatable bonds is 6. The molecule has 5 heteroatoms. The van der Waals surface area contributed by atoms with E-state index in [1.807, 2.05) is 0 Å². The maximum absolute atomic E-state index is 11.9. The van der Waals surface area contributed by atoms with E-state index in [1.165, 1.54) is 6.42 Å². The number of ether oxygens (including phenoxy) is 1. The molecule has 0 aromatic carbocycles. The van der Waals surface area contributed by atoms with Gasteiger partial charge in [-0.1, -0.05) is 12.8 Å². The Labute approximate surface area is 121 Å². The van der Waals surface area contributed by atoms with Crippen molar-refractivity contribution in [3.63, 3.8) is 0 Å². The number of methoxy groups -OCH3 is 1. The predicted molar refractivity (Wildman–Crippen MR) is 77.5 cm³/mol. The summed E-state index contributed by atoms with van der Waals surface area (Å²) in [6, 6.07) is 0. The highest BCUT2D eigenvalue weighted by molar-refractivity contribution is 5.77. The molecule has 2 N–H and O–H groups in total. The van der Waals surface area contributed by atoms with Crippen molar-refractivity contribution in [3.05, 3.63) is 0 Å². The topological polar surface area (TPSA) is 61.8 Å². The first-order chi connectivity index (χ1) is 9.64. The molecule has 2 atom stereocenters. The van der Waals surface area contributed by atoms with Crippen LogP contribution in [0.1, 0.15) is 38.5 Å². The number of carbonyl (C=O) groups excluding carboxylic acids is 1. The van der Waals surface area contributed by atoms with E-state index in [-0.39, 0.29) is 5.91 Å². The quantitative estimate of drug-likeness (QED) is 0.707. The Bertz CT molecular complexity index is 324. The van der Waals surface area contributed by atoms with Crippen LogP contribution in [0.25, 0.3) is 0 Å². The molecule has 20 heavy (non-hydrogen) atoms. The molecule has 1 amide bonds. The van der Waals surface area contributed by atoms with E-state index in [2.05, 4.69) is 10.2 Å². The molecule has 1 saturated heterocycles. The van der Waals surface area contributed by atoms with Gasteiger partial charge < -0.3 is 15.2 Å². The molecule has 2 unspecified atom stereocenters. The standard InChI is InChI=1S/C15H28N2O3/c1-20-10-4-8-16-14(18)12-17-9-7-15(19)6-3-2-5-13(15)11-17/h13,19H,2-12H2,1H3,(H,16,18). The first-order valence-corrected chi connectivity index (χ1v) is 7.84. The molecule has 0 radical (unpaired) electrons. The smallest absolute Gasteiger partial charge is 0.234 e. The molecule has 2 rings (SSSR count). The Balaban J connectivity index is 1.70. The Morgan fingerprint density at radius 1 is 1.45 bits per heavy atom. The highest BCUT2D eigenvalue weighted by atomic mass is 16.5. The van der Waals surface area contributed by atoms with Crippen LogP contribution in [0, 0.1) is 5.92 Å². The monoisotopic (exact) mass is 284 g/mol. The van der Waals surface area contributed by atoms with Crippen LogP contribution in [0.2, 0.25) is 0 Å². The number of nitrogens with zero attached hydrogens (tertiary/aromatic N) is 1. The fourth-order valence-corrected chi connectivity index (χ4v) is 3.49. The van der Waals surface area contributed by atoms with Crippen molar-refractivity contribution in [2.45, 2.75) is 44.1 Å². The molecule has 0 bridgehead atoms. The molecular weight excluding hydrogens is 256 g/mol. The minimum atomic E-state index is -0.455. The zero-order valence-corrected chi connectivity index (χ0v) is 12.6. The van der Waals surface area contributed by atoms with Crippen LogP contribution in [0.5, 0.6) is 0 Å². The van der Waals surface area contributed by atoms with E-state index in [1.54, 1.807) is 7.11 Å². The molecule has 2 aliphatic rings. The van der Waals surface area contributed by atoms with E-state index >= 15 is 0 Å². The summed E-state index contributed by atoms with van der Waals surface area (Å²) in [5, 5.41) is 13.5. The van der Waals surface area contributed by atoms with Crippen molar-refractivity contribution in [2.24, 2.45) is 5.92 Å². The van der Waals surface area contributed by atoms with Gasteiger partial charge >= 0.3 is 0 Å². The normalized spacial score (nSPS) is 30.8. The number of piperidine rings is 1. The average molecular weight is 284 g/mol. The summed E-state index contributed by atoms with van der Waals surface area (Å²) in [6.45, 7) is 3.51. The number of hydrogen-bond acceptors (Lipinski definition) is 4. The number of fused-ring (bicyclic) bond motifs is 1. The first-order valence-electron chi connectivity index (χ1n) is 7.84. The van der Waals surface area contributed by atoms with Gasteiger partial charge in [-0.3, -0.25) is 9.69 Å². The number of likely N-dealkylation sites (tertiary alicyclic amines) is 1. The predicted octanol–water partition coefficient (Wildman–Crippen LogP) is 0.766. The molecule has 1 aliphatic carbocycles. The van der Waals surface area contributed by atoms with Crippen molar-refractivity contribution in [3.8, 4) is 0 Å². The van der Waals surface area contributed by atoms with E-state index in [4.69, 9.17) is 4.74 Å². The Morgan fingerprint density at radius 2 is 2.30 bits per heavy atom. The van der Waals surface area contributed by atoms with Gasteiger partial charge in [-0.05, 0) is 25.7 Å². The number of nitrogens with one attached hydrogen (secondary N) is 1. The second-order valence-electron chi connectivity index (χ2n) is 6.23. The van der Waals surface area contributed by atoms with Crippen molar-refractivity contribution in [1.29, 1.82) is 0 Å². The lowest BCUT2D eigenvalue weighted by molar-refractivity contribution is -0.127. The number of amides is 1. The third-order valence-corrected chi connectivity index (χ3v) is 4.73. The van der Waals surface area contributed by atoms with Crippen LogP contribution in [0.15, 0.2) is 0 Å². The van der Waals surface area contributed by atoms with Gasteiger partial charge in [-0.25, -0.2) is 0 Å². The van der Waals surface area contributed by atoms with Crippen LogP contribution in [0.4, 0.5) is 0 Å². The second-order valence-corrected chi connectivity index (χ2v) is 6.23. The molecule has 0 aromatic heterocycles. The Hall–Kier alpha value is -0.650. The van der Waals surface area contributed by atoms with Crippen molar-refractivity contribution in [2.75, 3.05) is 39.9 Å². The van der Waals surface area contributed by atoms with Crippen molar-refractivity contribution in [1.82, 2.24) is 10.2 Å². The largest absolute Gasteiger partial charge is 0.390 e. The first kappa shape index (κ1) is 15.7. The van der Waals surface area contributed by atoms with Gasteiger partial charge in [0.15, 0.2) is 0 Å². The Kier molecular flexibility index (Phi) is 5.81. The number of carbonyl (C=O) groups is 1. The van der Waals surface area contributed by atoms with Crippen LogP contribution < -0.4 is 5.32 Å². The van der Waals surface area contributed by atoms with Gasteiger partial charge in [0.2, 0.25) is 5.91 Å². The third kappa shape index (κ3) is 4.17. The van der Waals surface area contributed by atoms with Gasteiger partial charge in [0.05, 0.1) is 12.1 Å². The third-order valence-electron chi connectivity index (χ3n) is 4.73. The summed E-state index contributed by atoms with van der Waals surface area (Å²) >= 11 is 0. The van der Waals surface area contributed by atoms with Crippen molar-refractivity contribution >= 4 is 5.91 Å². The zero-order valence-electron chi connectivity index (χ0n) is 12.6. The van der Waals surface area contributed by atoms with Crippen LogP contribution in [0.3, 0.4) is 0 Å². The fourth-order valence-electron chi connectivity index (χ4n) is 3.49. The SMILES string of the molecule is COCCCNC(=O)CN1CCC2(O)CCCCC2C1. The molecular formula is C15H28N2O3. The van der Waals surface area contributed by atoms with E-state index < -0.39 is 5.60 Å². The molecule has 0 aromatic rings. The zero-order chi connectivity index (χ0) is 14.4. The van der Waals surface area contributed by atoms with Gasteiger partial charge in [0.1, 0.15) is 0 Å². The molecule has 1 aliphatic heterocycles. The summed E-state index contributed by atoms with van der Waals surface area (Å²) in [4.78, 5) is 14.0. The average Bonchev–Trinajstić information content (AvgIpc) is 2.44. The fraction of sp³-hybridized carbons (Fsp3) is 0.933. The van der Waals surface area contributed by atoms with Gasteiger partial charge in [-0.15, -0.1) is 0 Å². The van der Waals surface area contributed by atoms with Gasteiger partial charge in [-0.2, -0.15) is 0 Å². The van der Waals surface area contributed by atoms with E-state index in [0.29, 0.717) is 25.6 Å². The lowest BCUT2D eigenvalue weighted by Crippen LogP contribution is -2.54. The maximum Gasteiger partial charge on any atom is 0.234 e. The summed E-state index contributed by atoms with van der Waals surface area (Å²) in [7, 11) is 1.67. The number of aliphatic hydroxyl groups is 1. The van der Waals surface area contributed by atoms with Crippen LogP contribution in [-0.4, -0.2) is 61.4 Å². The van der Waals surface area contributed by atoms with Gasteiger partial charge in [0.25, 0.3) is 0 Å². The summed E-state index contributed by atoms with van der Waals surface area (Å²) in [5.41, 5.74) is -0.455. The molecule has 5 nitrogen and oxygen atoms in total. The molecule has 116 valence electrons. The van der Waals surface area contributed by atoms with E-state index in [9.17, 15) is 9.90 Å². The van der Waals surface area contributed by atoms with Crippen LogP contribution in [-0.2, 0) is 9.53 Å². The highest BCUT2D eigenvalue weighted by Gasteiger charge is 2.42. The van der Waals surface area contributed by atoms with Gasteiger partial charge in [0, 0.05) is 39.3 Å². The summed E-state index contributed by atoms with van der Waals surface area (Å²) in [5.74, 6) is 0.439. The second kappa shape index (κ2) is 7.38. The minimum Gasteiger partial charge on any atom is -0.390 e. The molecule has 0 spiro atoms. The lowest BCUT2D eigenvalue weighted by atomic mass is 9.71. The van der Waals surface area contributed by atoms with E-state index in [0.717, 1.165) is 45.2 Å². The minimum absolute atomic E-state index is 0.0855. The maximum atomic E-state index is 11.9. The van der Waals surface area contributed by atoms with Crippen LogP contribution >= 0.6 is 0 Å². The number of hydrogen-bond donors (Lipinski definition) is 2. The molecule has 1 saturated carbocycles. The molecule has 1 heterocycles. The molecule has 2 fully saturated rings. The summed E-state index contributed by atoms with van der Waals surface area (Å²) in [6.07, 6.45) is 6.06.